The fraction of sp³-hybridized carbons (Fsp3) is 0.500. The van der Waals surface area contributed by atoms with Gasteiger partial charge < -0.3 is 16.4 Å². The van der Waals surface area contributed by atoms with E-state index in [0.29, 0.717) is 6.79 Å². The topological polar surface area (TPSA) is 18.5 Å². The zero-order valence-electron chi connectivity index (χ0n) is 22.3. The van der Waals surface area contributed by atoms with Crippen molar-refractivity contribution in [3.05, 3.63) is 73.5 Å². The van der Waals surface area contributed by atoms with Crippen LogP contribution < -0.4 is 0 Å². The standard InChI is InChI=1S/C16H18P.C5H12O2.C5H12S2.C2H5.V/c1-3-17-12-14-6-10-16(11-7-14)15-8-4-13(2)5-9-15;2*1-3-6-5-7-4-2;1-2;/h4-11,17H,2-3,12H2,1H3;2*3-5H2,1-2H3;1H2,2H3;/q-1;;;-1;+2. The van der Waals surface area contributed by atoms with Crippen molar-refractivity contribution < 1.29 is 28.0 Å². The molecule has 0 aliphatic carbocycles. The van der Waals surface area contributed by atoms with Crippen LogP contribution in [0, 0.1) is 13.8 Å². The zero-order chi connectivity index (χ0) is 25.2. The Morgan fingerprint density at radius 2 is 1.18 bits per heavy atom. The van der Waals surface area contributed by atoms with E-state index in [-0.39, 0.29) is 18.6 Å². The minimum atomic E-state index is 0. The van der Waals surface area contributed by atoms with Gasteiger partial charge in [0.25, 0.3) is 0 Å². The maximum atomic E-state index is 4.85. The molecule has 0 aliphatic heterocycles. The van der Waals surface area contributed by atoms with Gasteiger partial charge in [-0.1, -0.05) is 45.0 Å². The summed E-state index contributed by atoms with van der Waals surface area (Å²) in [4.78, 5) is 0. The zero-order valence-corrected chi connectivity index (χ0v) is 26.3. The Morgan fingerprint density at radius 1 is 0.735 bits per heavy atom. The molecule has 0 bridgehead atoms. The summed E-state index contributed by atoms with van der Waals surface area (Å²) in [5.41, 5.74) is 5.06. The fourth-order valence-corrected chi connectivity index (χ4v) is 4.81. The molecule has 0 saturated carbocycles. The Kier molecular flexibility index (Phi) is 35.1. The van der Waals surface area contributed by atoms with Gasteiger partial charge in [-0.25, -0.2) is 0 Å². The molecule has 0 heterocycles. The minimum Gasteiger partial charge on any atom is -0.356 e. The summed E-state index contributed by atoms with van der Waals surface area (Å²) in [6.07, 6.45) is 2.50. The van der Waals surface area contributed by atoms with Gasteiger partial charge in [-0.15, -0.1) is 20.7 Å². The molecule has 2 nitrogen and oxygen atoms in total. The number of ether oxygens (including phenoxy) is 2. The van der Waals surface area contributed by atoms with E-state index in [2.05, 4.69) is 83.1 Å². The second-order valence-corrected chi connectivity index (χ2v) is 10.9. The molecular formula is C28H47O2PS2V. The molecule has 1 atom stereocenters. The molecule has 2 aromatic carbocycles. The Hall–Kier alpha value is -0.0556. The first-order valence-electron chi connectivity index (χ1n) is 11.9. The summed E-state index contributed by atoms with van der Waals surface area (Å²) in [5.74, 6) is 2.51. The molecule has 0 spiro atoms. The largest absolute Gasteiger partial charge is 2.00 e. The van der Waals surface area contributed by atoms with Crippen molar-refractivity contribution in [1.29, 1.82) is 0 Å². The normalized spacial score (nSPS) is 9.62. The smallest absolute Gasteiger partial charge is 0.356 e. The molecule has 0 aromatic heterocycles. The van der Waals surface area contributed by atoms with Gasteiger partial charge in [-0.05, 0) is 54.4 Å². The molecule has 0 fully saturated rings. The molecule has 0 N–H and O–H groups in total. The van der Waals surface area contributed by atoms with Crippen molar-refractivity contribution in [2.24, 2.45) is 0 Å². The molecule has 2 rings (SSSR count). The van der Waals surface area contributed by atoms with Crippen molar-refractivity contribution in [2.45, 2.75) is 47.7 Å². The molecule has 34 heavy (non-hydrogen) atoms. The summed E-state index contributed by atoms with van der Waals surface area (Å²) in [6, 6.07) is 17.3. The molecule has 1 radical (unpaired) electrons. The fourth-order valence-electron chi connectivity index (χ4n) is 2.23. The van der Waals surface area contributed by atoms with Gasteiger partial charge in [0.15, 0.2) is 0 Å². The summed E-state index contributed by atoms with van der Waals surface area (Å²) in [5, 5.41) is 1.27. The Morgan fingerprint density at radius 3 is 1.56 bits per heavy atom. The van der Waals surface area contributed by atoms with Crippen LogP contribution in [0.3, 0.4) is 0 Å². The Labute approximate surface area is 234 Å². The van der Waals surface area contributed by atoms with Gasteiger partial charge in [0, 0.05) is 18.3 Å². The third kappa shape index (κ3) is 23.7. The maximum absolute atomic E-state index is 4.85. The Bertz CT molecular complexity index is 607. The van der Waals surface area contributed by atoms with Crippen LogP contribution in [0.5, 0.6) is 0 Å². The van der Waals surface area contributed by atoms with Gasteiger partial charge in [0.1, 0.15) is 6.79 Å². The van der Waals surface area contributed by atoms with Crippen molar-refractivity contribution in [3.63, 3.8) is 0 Å². The number of benzene rings is 2. The summed E-state index contributed by atoms with van der Waals surface area (Å²) in [6.45, 7) is 21.3. The van der Waals surface area contributed by atoms with Crippen LogP contribution in [-0.4, -0.2) is 42.8 Å². The predicted molar refractivity (Wildman–Crippen MR) is 159 cm³/mol. The average molecular weight is 562 g/mol. The molecule has 0 amide bonds. The van der Waals surface area contributed by atoms with Crippen LogP contribution in [0.15, 0.2) is 48.5 Å². The second kappa shape index (κ2) is 31.0. The first kappa shape index (κ1) is 38.5. The summed E-state index contributed by atoms with van der Waals surface area (Å²) in [7, 11) is 1.05. The van der Waals surface area contributed by atoms with Gasteiger partial charge in [0.05, 0.1) is 0 Å². The monoisotopic (exact) mass is 561 g/mol. The molecular weight excluding hydrogens is 514 g/mol. The average Bonchev–Trinajstić information content (AvgIpc) is 2.86. The molecule has 0 saturated heterocycles. The van der Waals surface area contributed by atoms with Crippen LogP contribution in [0.2, 0.25) is 0 Å². The molecule has 193 valence electrons. The van der Waals surface area contributed by atoms with Crippen molar-refractivity contribution in [2.75, 3.05) is 42.8 Å². The predicted octanol–water partition coefficient (Wildman–Crippen LogP) is 9.04. The number of rotatable bonds is 12. The van der Waals surface area contributed by atoms with Crippen LogP contribution in [0.25, 0.3) is 11.1 Å². The molecule has 2 aromatic rings. The van der Waals surface area contributed by atoms with Crippen LogP contribution in [-0.2, 0) is 34.2 Å². The maximum Gasteiger partial charge on any atom is 2.00 e. The van der Waals surface area contributed by atoms with Gasteiger partial charge in [-0.2, -0.15) is 55.1 Å². The summed E-state index contributed by atoms with van der Waals surface area (Å²) >= 11 is 3.99. The van der Waals surface area contributed by atoms with E-state index in [9.17, 15) is 0 Å². The molecule has 6 heteroatoms. The van der Waals surface area contributed by atoms with E-state index < -0.39 is 0 Å². The number of hydrogen-bond acceptors (Lipinski definition) is 4. The van der Waals surface area contributed by atoms with E-state index in [4.69, 9.17) is 9.47 Å². The second-order valence-electron chi connectivity index (χ2n) is 6.38. The van der Waals surface area contributed by atoms with Crippen molar-refractivity contribution in [3.8, 4) is 11.1 Å². The van der Waals surface area contributed by atoms with Gasteiger partial charge in [0.2, 0.25) is 0 Å². The van der Waals surface area contributed by atoms with Crippen molar-refractivity contribution >= 4 is 32.1 Å². The number of thioether (sulfide) groups is 2. The van der Waals surface area contributed by atoms with Crippen molar-refractivity contribution in [1.82, 2.24) is 0 Å². The number of hydrogen-bond donors (Lipinski definition) is 0. The third-order valence-electron chi connectivity index (χ3n) is 3.97. The minimum absolute atomic E-state index is 0. The van der Waals surface area contributed by atoms with E-state index in [0.717, 1.165) is 27.4 Å². The van der Waals surface area contributed by atoms with Gasteiger partial charge in [-0.3, -0.25) is 0 Å². The quantitative estimate of drug-likeness (QED) is 0.111. The first-order valence-corrected chi connectivity index (χ1v) is 15.6. The molecule has 0 aliphatic rings. The first-order chi connectivity index (χ1) is 16.1. The van der Waals surface area contributed by atoms with Crippen LogP contribution in [0.4, 0.5) is 0 Å². The summed E-state index contributed by atoms with van der Waals surface area (Å²) < 4.78 is 9.70. The SMILES string of the molecule is CCOCOCC.CCSCSCC.[CH2-]C.[CH2-]c1ccc(-c2ccc(CPCC)cc2)cc1.[V+2]. The van der Waals surface area contributed by atoms with E-state index in [1.54, 1.807) is 6.92 Å². The van der Waals surface area contributed by atoms with Gasteiger partial charge >= 0.3 is 18.6 Å². The van der Waals surface area contributed by atoms with E-state index in [1.807, 2.05) is 37.4 Å². The van der Waals surface area contributed by atoms with Crippen LogP contribution >= 0.6 is 32.1 Å². The third-order valence-corrected chi connectivity index (χ3v) is 7.28. The van der Waals surface area contributed by atoms with E-state index in [1.165, 1.54) is 45.6 Å². The van der Waals surface area contributed by atoms with E-state index >= 15 is 0 Å². The van der Waals surface area contributed by atoms with Crippen LogP contribution in [0.1, 0.15) is 52.7 Å². The molecule has 1 unspecified atom stereocenters. The Balaban J connectivity index is -0.000000476.